The van der Waals surface area contributed by atoms with E-state index < -0.39 is 0 Å². The van der Waals surface area contributed by atoms with Gasteiger partial charge in [0.25, 0.3) is 0 Å². The highest BCUT2D eigenvalue weighted by molar-refractivity contribution is 5.82. The van der Waals surface area contributed by atoms with Gasteiger partial charge in [-0.1, -0.05) is 48.0 Å². The number of nitrogens with one attached hydrogen (secondary N) is 1. The second-order valence-corrected chi connectivity index (χ2v) is 8.03. The van der Waals surface area contributed by atoms with Crippen LogP contribution in [0.4, 0.5) is 0 Å². The quantitative estimate of drug-likeness (QED) is 0.823. The Morgan fingerprint density at radius 3 is 2.16 bits per heavy atom. The second kappa shape index (κ2) is 5.82. The van der Waals surface area contributed by atoms with Crippen LogP contribution in [-0.4, -0.2) is 18.0 Å². The minimum atomic E-state index is -0.377. The zero-order chi connectivity index (χ0) is 14.8. The van der Waals surface area contributed by atoms with Crippen molar-refractivity contribution in [3.8, 4) is 0 Å². The van der Waals surface area contributed by atoms with Crippen LogP contribution >= 0.6 is 0 Å². The molecule has 0 bridgehead atoms. The fourth-order valence-electron chi connectivity index (χ4n) is 3.76. The summed E-state index contributed by atoms with van der Waals surface area (Å²) < 4.78 is 0. The molecule has 0 radical (unpaired) electrons. The molecule has 0 aromatic carbocycles. The van der Waals surface area contributed by atoms with Gasteiger partial charge < -0.3 is 11.1 Å². The monoisotopic (exact) mass is 268 g/mol. The first-order chi connectivity index (χ1) is 8.56. The molecular formula is C16H32N2O. The van der Waals surface area contributed by atoms with Gasteiger partial charge >= 0.3 is 0 Å². The van der Waals surface area contributed by atoms with Crippen LogP contribution in [0, 0.1) is 16.7 Å². The molecule has 0 spiro atoms. The minimum Gasteiger partial charge on any atom is -0.352 e. The number of hydrogen-bond acceptors (Lipinski definition) is 2. The average molecular weight is 268 g/mol. The fourth-order valence-corrected chi connectivity index (χ4v) is 3.76. The molecule has 1 aliphatic rings. The Balaban J connectivity index is 2.64. The Labute approximate surface area is 118 Å². The van der Waals surface area contributed by atoms with Crippen LogP contribution in [0.15, 0.2) is 0 Å². The summed E-state index contributed by atoms with van der Waals surface area (Å²) in [5.41, 5.74) is 6.60. The molecule has 0 saturated heterocycles. The molecule has 0 aromatic heterocycles. The molecule has 19 heavy (non-hydrogen) atoms. The molecule has 1 fully saturated rings. The topological polar surface area (TPSA) is 55.1 Å². The third-order valence-corrected chi connectivity index (χ3v) is 4.46. The van der Waals surface area contributed by atoms with Crippen molar-refractivity contribution >= 4 is 5.91 Å². The summed E-state index contributed by atoms with van der Waals surface area (Å²) in [6, 6.07) is -0.112. The van der Waals surface area contributed by atoms with Crippen LogP contribution in [0.5, 0.6) is 0 Å². The summed E-state index contributed by atoms with van der Waals surface area (Å²) in [4.78, 5) is 12.2. The van der Waals surface area contributed by atoms with Crippen molar-refractivity contribution in [1.29, 1.82) is 0 Å². The molecule has 3 nitrogen and oxygen atoms in total. The van der Waals surface area contributed by atoms with Gasteiger partial charge in [0.2, 0.25) is 5.91 Å². The van der Waals surface area contributed by atoms with Crippen LogP contribution in [-0.2, 0) is 4.79 Å². The van der Waals surface area contributed by atoms with Gasteiger partial charge in [0, 0.05) is 6.04 Å². The van der Waals surface area contributed by atoms with Gasteiger partial charge in [-0.3, -0.25) is 4.79 Å². The van der Waals surface area contributed by atoms with Crippen molar-refractivity contribution in [1.82, 2.24) is 5.32 Å². The smallest absolute Gasteiger partial charge is 0.237 e. The summed E-state index contributed by atoms with van der Waals surface area (Å²) >= 11 is 0. The number of amides is 1. The number of nitrogens with two attached hydrogens (primary N) is 1. The summed E-state index contributed by atoms with van der Waals surface area (Å²) in [7, 11) is 0. The lowest BCUT2D eigenvalue weighted by Crippen LogP contribution is -2.52. The van der Waals surface area contributed by atoms with Gasteiger partial charge in [0.1, 0.15) is 0 Å². The van der Waals surface area contributed by atoms with Gasteiger partial charge in [-0.15, -0.1) is 0 Å². The third-order valence-electron chi connectivity index (χ3n) is 4.46. The first-order valence-corrected chi connectivity index (χ1v) is 7.62. The van der Waals surface area contributed by atoms with E-state index in [-0.39, 0.29) is 23.9 Å². The lowest BCUT2D eigenvalue weighted by Gasteiger charge is -2.45. The Morgan fingerprint density at radius 2 is 1.74 bits per heavy atom. The van der Waals surface area contributed by atoms with Crippen molar-refractivity contribution < 1.29 is 4.79 Å². The van der Waals surface area contributed by atoms with Crippen molar-refractivity contribution in [2.45, 2.75) is 79.3 Å². The van der Waals surface area contributed by atoms with Crippen molar-refractivity contribution in [2.24, 2.45) is 22.5 Å². The molecule has 2 atom stereocenters. The van der Waals surface area contributed by atoms with E-state index in [4.69, 9.17) is 5.73 Å². The standard InChI is InChI=1S/C16H32N2O/c1-7-11(2)13(17)14(19)18-12-8-15(3,4)10-16(5,6)9-12/h11-13H,7-10,17H2,1-6H3,(H,18,19)/t11?,13-/m0/s1. The molecule has 3 N–H and O–H groups in total. The minimum absolute atomic E-state index is 0.0212. The highest BCUT2D eigenvalue weighted by Gasteiger charge is 2.39. The normalized spacial score (nSPS) is 25.6. The lowest BCUT2D eigenvalue weighted by atomic mass is 9.63. The maximum atomic E-state index is 12.2. The molecule has 1 unspecified atom stereocenters. The molecular weight excluding hydrogens is 236 g/mol. The van der Waals surface area contributed by atoms with E-state index in [1.807, 2.05) is 6.92 Å². The van der Waals surface area contributed by atoms with E-state index in [0.29, 0.717) is 10.8 Å². The van der Waals surface area contributed by atoms with Crippen molar-refractivity contribution in [3.63, 3.8) is 0 Å². The van der Waals surface area contributed by atoms with E-state index in [0.717, 1.165) is 19.3 Å². The van der Waals surface area contributed by atoms with E-state index >= 15 is 0 Å². The Morgan fingerprint density at radius 1 is 1.26 bits per heavy atom. The second-order valence-electron chi connectivity index (χ2n) is 8.03. The highest BCUT2D eigenvalue weighted by Crippen LogP contribution is 2.45. The van der Waals surface area contributed by atoms with Gasteiger partial charge in [0.05, 0.1) is 6.04 Å². The van der Waals surface area contributed by atoms with Crippen LogP contribution in [0.2, 0.25) is 0 Å². The average Bonchev–Trinajstić information content (AvgIpc) is 2.22. The van der Waals surface area contributed by atoms with Gasteiger partial charge in [-0.25, -0.2) is 0 Å². The largest absolute Gasteiger partial charge is 0.352 e. The maximum absolute atomic E-state index is 12.2. The Hall–Kier alpha value is -0.570. The number of carbonyl (C=O) groups is 1. The molecule has 0 aromatic rings. The van der Waals surface area contributed by atoms with Crippen LogP contribution in [0.25, 0.3) is 0 Å². The summed E-state index contributed by atoms with van der Waals surface area (Å²) in [6.45, 7) is 13.3. The molecule has 112 valence electrons. The van der Waals surface area contributed by atoms with Crippen LogP contribution < -0.4 is 11.1 Å². The predicted molar refractivity (Wildman–Crippen MR) is 80.8 cm³/mol. The first-order valence-electron chi connectivity index (χ1n) is 7.62. The van der Waals surface area contributed by atoms with Crippen molar-refractivity contribution in [3.05, 3.63) is 0 Å². The SMILES string of the molecule is CCC(C)[C@H](N)C(=O)NC1CC(C)(C)CC(C)(C)C1. The summed E-state index contributed by atoms with van der Waals surface area (Å²) in [5.74, 6) is 0.262. The van der Waals surface area contributed by atoms with Crippen LogP contribution in [0.1, 0.15) is 67.2 Å². The highest BCUT2D eigenvalue weighted by atomic mass is 16.2. The Bertz CT molecular complexity index is 307. The molecule has 0 heterocycles. The molecule has 1 aliphatic carbocycles. The fraction of sp³-hybridized carbons (Fsp3) is 0.938. The molecule has 3 heteroatoms. The van der Waals surface area contributed by atoms with Crippen LogP contribution in [0.3, 0.4) is 0 Å². The number of hydrogen-bond donors (Lipinski definition) is 2. The zero-order valence-corrected chi connectivity index (χ0v) is 13.5. The van der Waals surface area contributed by atoms with Crippen molar-refractivity contribution in [2.75, 3.05) is 0 Å². The van der Waals surface area contributed by atoms with Gasteiger partial charge in [0.15, 0.2) is 0 Å². The summed E-state index contributed by atoms with van der Waals surface area (Å²) in [6.07, 6.45) is 4.25. The molecule has 0 aliphatic heterocycles. The number of carbonyl (C=O) groups excluding carboxylic acids is 1. The van der Waals surface area contributed by atoms with E-state index in [1.165, 1.54) is 6.42 Å². The Kier molecular flexibility index (Phi) is 5.05. The molecule has 1 amide bonds. The molecule has 1 saturated carbocycles. The van der Waals surface area contributed by atoms with E-state index in [1.54, 1.807) is 0 Å². The lowest BCUT2D eigenvalue weighted by molar-refractivity contribution is -0.125. The van der Waals surface area contributed by atoms with Gasteiger partial charge in [-0.2, -0.15) is 0 Å². The summed E-state index contributed by atoms with van der Waals surface area (Å²) in [5, 5.41) is 3.18. The van der Waals surface area contributed by atoms with E-state index in [9.17, 15) is 4.79 Å². The molecule has 1 rings (SSSR count). The number of rotatable bonds is 4. The van der Waals surface area contributed by atoms with Gasteiger partial charge in [-0.05, 0) is 36.0 Å². The third kappa shape index (κ3) is 4.79. The maximum Gasteiger partial charge on any atom is 0.237 e. The zero-order valence-electron chi connectivity index (χ0n) is 13.5. The van der Waals surface area contributed by atoms with E-state index in [2.05, 4.69) is 39.9 Å². The first kappa shape index (κ1) is 16.5. The predicted octanol–water partition coefficient (Wildman–Crippen LogP) is 3.08.